The molecule has 2 aliphatic rings. The predicted octanol–water partition coefficient (Wildman–Crippen LogP) is 4.00. The molecule has 0 atom stereocenters. The fourth-order valence-electron chi connectivity index (χ4n) is 4.23. The minimum atomic E-state index is 0.0613. The molecule has 0 radical (unpaired) electrons. The molecule has 1 saturated heterocycles. The van der Waals surface area contributed by atoms with Crippen LogP contribution in [0.3, 0.4) is 0 Å². The standard InChI is InChI=1S/C24H23ClN8O/c1-32-9-7-15-10-17(11-19(25)18(15)14-32)28-24-27-13-16(12-26)23(31-24)30-20-4-2-5-21(29-20)33-8-3-6-22(33)34/h2,4-5,10-11,13H,3,6-9,14H2,1H3,(H2,27,28,29,30,31). The van der Waals surface area contributed by atoms with Crippen molar-refractivity contribution in [3.8, 4) is 6.07 Å². The Labute approximate surface area is 202 Å². The Bertz CT molecular complexity index is 1300. The Morgan fingerprint density at radius 2 is 2.03 bits per heavy atom. The predicted molar refractivity (Wildman–Crippen MR) is 131 cm³/mol. The van der Waals surface area contributed by atoms with Crippen LogP contribution in [-0.2, 0) is 17.8 Å². The summed E-state index contributed by atoms with van der Waals surface area (Å²) in [4.78, 5) is 29.3. The van der Waals surface area contributed by atoms with Crippen molar-refractivity contribution in [2.45, 2.75) is 25.8 Å². The molecule has 0 unspecified atom stereocenters. The smallest absolute Gasteiger partial charge is 0.229 e. The van der Waals surface area contributed by atoms with Gasteiger partial charge in [-0.05, 0) is 55.3 Å². The first kappa shape index (κ1) is 22.1. The van der Waals surface area contributed by atoms with Crippen molar-refractivity contribution in [3.63, 3.8) is 0 Å². The van der Waals surface area contributed by atoms with Gasteiger partial charge in [-0.2, -0.15) is 10.2 Å². The van der Waals surface area contributed by atoms with Crippen molar-refractivity contribution in [2.24, 2.45) is 0 Å². The van der Waals surface area contributed by atoms with E-state index in [1.165, 1.54) is 11.8 Å². The third-order valence-electron chi connectivity index (χ3n) is 5.97. The number of likely N-dealkylation sites (N-methyl/N-ethyl adjacent to an activating group) is 1. The van der Waals surface area contributed by atoms with Crippen LogP contribution in [0.1, 0.15) is 29.5 Å². The maximum absolute atomic E-state index is 12.1. The number of hydrogen-bond donors (Lipinski definition) is 2. The highest BCUT2D eigenvalue weighted by Gasteiger charge is 2.23. The number of halogens is 1. The molecule has 2 aromatic heterocycles. The molecule has 0 aliphatic carbocycles. The quantitative estimate of drug-likeness (QED) is 0.571. The summed E-state index contributed by atoms with van der Waals surface area (Å²) in [6, 6.07) is 11.4. The van der Waals surface area contributed by atoms with E-state index >= 15 is 0 Å². The average Bonchev–Trinajstić information content (AvgIpc) is 3.26. The molecule has 1 aromatic carbocycles. The Hall–Kier alpha value is -3.74. The third-order valence-corrected chi connectivity index (χ3v) is 6.31. The monoisotopic (exact) mass is 474 g/mol. The second-order valence-corrected chi connectivity index (χ2v) is 8.84. The lowest BCUT2D eigenvalue weighted by Gasteiger charge is -2.26. The van der Waals surface area contributed by atoms with E-state index in [4.69, 9.17) is 11.6 Å². The molecular weight excluding hydrogens is 452 g/mol. The Kier molecular flexibility index (Phi) is 6.01. The highest BCUT2D eigenvalue weighted by atomic mass is 35.5. The summed E-state index contributed by atoms with van der Waals surface area (Å²) in [7, 11) is 2.08. The van der Waals surface area contributed by atoms with E-state index in [1.807, 2.05) is 12.1 Å². The van der Waals surface area contributed by atoms with Crippen LogP contribution < -0.4 is 15.5 Å². The second-order valence-electron chi connectivity index (χ2n) is 8.43. The van der Waals surface area contributed by atoms with Crippen LogP contribution in [0.25, 0.3) is 0 Å². The minimum absolute atomic E-state index is 0.0613. The highest BCUT2D eigenvalue weighted by Crippen LogP contribution is 2.31. The number of pyridine rings is 1. The van der Waals surface area contributed by atoms with Crippen molar-refractivity contribution in [3.05, 3.63) is 58.2 Å². The summed E-state index contributed by atoms with van der Waals surface area (Å²) in [5.41, 5.74) is 3.42. The van der Waals surface area contributed by atoms with Crippen molar-refractivity contribution < 1.29 is 4.79 Å². The van der Waals surface area contributed by atoms with Gasteiger partial charge in [0.15, 0.2) is 5.82 Å². The van der Waals surface area contributed by atoms with Gasteiger partial charge in [-0.15, -0.1) is 0 Å². The number of benzene rings is 1. The van der Waals surface area contributed by atoms with Crippen molar-refractivity contribution in [1.29, 1.82) is 5.26 Å². The van der Waals surface area contributed by atoms with Gasteiger partial charge in [0, 0.05) is 36.8 Å². The lowest BCUT2D eigenvalue weighted by atomic mass is 9.99. The molecule has 4 heterocycles. The zero-order chi connectivity index (χ0) is 23.7. The number of nitrogens with one attached hydrogen (secondary N) is 2. The number of hydrogen-bond acceptors (Lipinski definition) is 8. The molecule has 3 aromatic rings. The molecule has 0 saturated carbocycles. The van der Waals surface area contributed by atoms with Crippen LogP contribution in [0, 0.1) is 11.3 Å². The SMILES string of the molecule is CN1CCc2cc(Nc3ncc(C#N)c(Nc4cccc(N5CCCC5=O)n4)n3)cc(Cl)c2C1. The number of anilines is 5. The number of nitrogens with zero attached hydrogens (tertiary/aromatic N) is 6. The lowest BCUT2D eigenvalue weighted by molar-refractivity contribution is -0.117. The van der Waals surface area contributed by atoms with Gasteiger partial charge in [-0.25, -0.2) is 9.97 Å². The van der Waals surface area contributed by atoms with Crippen LogP contribution in [0.4, 0.5) is 29.1 Å². The molecule has 2 N–H and O–H groups in total. The molecule has 5 rings (SSSR count). The fourth-order valence-corrected chi connectivity index (χ4v) is 4.53. The number of carbonyl (C=O) groups is 1. The van der Waals surface area contributed by atoms with Crippen LogP contribution in [0.5, 0.6) is 0 Å². The number of nitriles is 1. The fraction of sp³-hybridized carbons (Fsp3) is 0.292. The normalized spacial score (nSPS) is 15.7. The number of aromatic nitrogens is 3. The van der Waals surface area contributed by atoms with Gasteiger partial charge in [-0.3, -0.25) is 9.69 Å². The van der Waals surface area contributed by atoms with Gasteiger partial charge in [0.1, 0.15) is 23.3 Å². The molecule has 1 amide bonds. The Balaban J connectivity index is 1.39. The van der Waals surface area contributed by atoms with E-state index < -0.39 is 0 Å². The van der Waals surface area contributed by atoms with Gasteiger partial charge in [0.2, 0.25) is 11.9 Å². The van der Waals surface area contributed by atoms with Crippen LogP contribution >= 0.6 is 11.6 Å². The van der Waals surface area contributed by atoms with E-state index in [0.29, 0.717) is 41.4 Å². The van der Waals surface area contributed by atoms with Crippen LogP contribution in [-0.4, -0.2) is 45.9 Å². The number of rotatable bonds is 5. The van der Waals surface area contributed by atoms with Crippen molar-refractivity contribution in [2.75, 3.05) is 35.7 Å². The molecule has 0 spiro atoms. The maximum Gasteiger partial charge on any atom is 0.229 e. The van der Waals surface area contributed by atoms with E-state index in [9.17, 15) is 10.1 Å². The second kappa shape index (κ2) is 9.25. The summed E-state index contributed by atoms with van der Waals surface area (Å²) in [5, 5.41) is 16.6. The summed E-state index contributed by atoms with van der Waals surface area (Å²) < 4.78 is 0. The molecule has 1 fully saturated rings. The zero-order valence-corrected chi connectivity index (χ0v) is 19.4. The summed E-state index contributed by atoms with van der Waals surface area (Å²) in [5.74, 6) is 1.78. The van der Waals surface area contributed by atoms with Gasteiger partial charge >= 0.3 is 0 Å². The molecular formula is C24H23ClN8O. The number of carbonyl (C=O) groups excluding carboxylic acids is 1. The number of amides is 1. The molecule has 10 heteroatoms. The average molecular weight is 475 g/mol. The molecule has 34 heavy (non-hydrogen) atoms. The third kappa shape index (κ3) is 4.51. The largest absolute Gasteiger partial charge is 0.324 e. The molecule has 0 bridgehead atoms. The van der Waals surface area contributed by atoms with Crippen LogP contribution in [0.2, 0.25) is 5.02 Å². The van der Waals surface area contributed by atoms with E-state index in [0.717, 1.165) is 37.2 Å². The van der Waals surface area contributed by atoms with Crippen LogP contribution in [0.15, 0.2) is 36.5 Å². The van der Waals surface area contributed by atoms with E-state index in [2.05, 4.69) is 49.7 Å². The summed E-state index contributed by atoms with van der Waals surface area (Å²) >= 11 is 6.54. The molecule has 2 aliphatic heterocycles. The molecule has 9 nitrogen and oxygen atoms in total. The first-order valence-electron chi connectivity index (χ1n) is 11.1. The minimum Gasteiger partial charge on any atom is -0.324 e. The van der Waals surface area contributed by atoms with Gasteiger partial charge in [0.05, 0.1) is 6.20 Å². The van der Waals surface area contributed by atoms with Gasteiger partial charge in [0.25, 0.3) is 0 Å². The topological polar surface area (TPSA) is 110 Å². The zero-order valence-electron chi connectivity index (χ0n) is 18.7. The first-order valence-corrected chi connectivity index (χ1v) is 11.5. The molecule has 172 valence electrons. The highest BCUT2D eigenvalue weighted by molar-refractivity contribution is 6.31. The Morgan fingerprint density at radius 1 is 1.15 bits per heavy atom. The first-order chi connectivity index (χ1) is 16.5. The summed E-state index contributed by atoms with van der Waals surface area (Å²) in [6.45, 7) is 2.45. The maximum atomic E-state index is 12.1. The van der Waals surface area contributed by atoms with E-state index in [1.54, 1.807) is 17.0 Å². The number of fused-ring (bicyclic) bond motifs is 1. The van der Waals surface area contributed by atoms with Gasteiger partial charge in [-0.1, -0.05) is 17.7 Å². The lowest BCUT2D eigenvalue weighted by Crippen LogP contribution is -2.26. The van der Waals surface area contributed by atoms with Crippen molar-refractivity contribution >= 4 is 46.6 Å². The summed E-state index contributed by atoms with van der Waals surface area (Å²) in [6.07, 6.45) is 3.73. The van der Waals surface area contributed by atoms with E-state index in [-0.39, 0.29) is 11.5 Å². The Morgan fingerprint density at radius 3 is 2.82 bits per heavy atom. The van der Waals surface area contributed by atoms with Gasteiger partial charge < -0.3 is 15.5 Å². The van der Waals surface area contributed by atoms with Crippen molar-refractivity contribution in [1.82, 2.24) is 19.9 Å².